The Hall–Kier alpha value is -0.320. The lowest BCUT2D eigenvalue weighted by molar-refractivity contribution is 0.572. The summed E-state index contributed by atoms with van der Waals surface area (Å²) < 4.78 is 1.17. The van der Waals surface area contributed by atoms with Crippen LogP contribution in [0.5, 0.6) is 0 Å². The quantitative estimate of drug-likeness (QED) is 0.847. The summed E-state index contributed by atoms with van der Waals surface area (Å²) in [5, 5.41) is 3.44. The summed E-state index contributed by atoms with van der Waals surface area (Å²) in [5.41, 5.74) is 2.71. The topological polar surface area (TPSA) is 28.2 Å². The molecule has 1 fully saturated rings. The minimum Gasteiger partial charge on any atom is -0.356 e. The highest BCUT2D eigenvalue weighted by Gasteiger charge is 2.18. The Morgan fingerprint density at radius 2 is 1.84 bits per heavy atom. The number of hydrogen-bond donors (Lipinski definition) is 1. The van der Waals surface area contributed by atoms with Crippen molar-refractivity contribution in [2.45, 2.75) is 32.1 Å². The van der Waals surface area contributed by atoms with Crippen molar-refractivity contribution in [2.24, 2.45) is 0 Å². The molecule has 106 valence electrons. The first-order valence-electron chi connectivity index (χ1n) is 6.98. The number of anilines is 1. The smallest absolute Gasteiger partial charge is 0.143 e. The molecule has 3 rings (SSSR count). The highest BCUT2D eigenvalue weighted by Crippen LogP contribution is 2.29. The van der Waals surface area contributed by atoms with Gasteiger partial charge in [-0.05, 0) is 59.8 Å². The first kappa shape index (κ1) is 15.1. The van der Waals surface area contributed by atoms with E-state index in [2.05, 4.69) is 32.2 Å². The molecule has 0 bridgehead atoms. The highest BCUT2D eigenvalue weighted by atomic mass is 79.9. The van der Waals surface area contributed by atoms with Gasteiger partial charge in [0.15, 0.2) is 0 Å². The minimum atomic E-state index is 0. The largest absolute Gasteiger partial charge is 0.356 e. The van der Waals surface area contributed by atoms with E-state index in [9.17, 15) is 0 Å². The van der Waals surface area contributed by atoms with Crippen molar-refractivity contribution in [2.75, 3.05) is 31.1 Å². The van der Waals surface area contributed by atoms with Gasteiger partial charge in [-0.3, -0.25) is 0 Å². The molecule has 0 radical (unpaired) electrons. The number of nitrogens with one attached hydrogen (secondary N) is 1. The Morgan fingerprint density at radius 3 is 2.63 bits per heavy atom. The molecule has 2 aliphatic rings. The fourth-order valence-electron chi connectivity index (χ4n) is 2.87. The van der Waals surface area contributed by atoms with E-state index < -0.39 is 0 Å². The number of piperidine rings is 1. The maximum absolute atomic E-state index is 4.94. The zero-order chi connectivity index (χ0) is 12.4. The van der Waals surface area contributed by atoms with E-state index >= 15 is 0 Å². The predicted molar refractivity (Wildman–Crippen MR) is 85.5 cm³/mol. The molecule has 19 heavy (non-hydrogen) atoms. The zero-order valence-corrected chi connectivity index (χ0v) is 13.5. The lowest BCUT2D eigenvalue weighted by atomic mass is 10.1. The van der Waals surface area contributed by atoms with Crippen LogP contribution < -0.4 is 10.2 Å². The number of pyridine rings is 1. The fourth-order valence-corrected chi connectivity index (χ4v) is 3.48. The lowest BCUT2D eigenvalue weighted by Gasteiger charge is -2.29. The van der Waals surface area contributed by atoms with Gasteiger partial charge in [0.2, 0.25) is 0 Å². The molecule has 0 atom stereocenters. The van der Waals surface area contributed by atoms with Gasteiger partial charge in [0.25, 0.3) is 0 Å². The molecule has 0 saturated carbocycles. The monoisotopic (exact) mass is 345 g/mol. The molecular formula is C14H21BrClN3. The SMILES string of the molecule is Brc1cc2c(nc1N1CCCCC1)CCNCC2.Cl. The number of halogens is 2. The Morgan fingerprint density at radius 1 is 1.11 bits per heavy atom. The normalized spacial score (nSPS) is 19.3. The van der Waals surface area contributed by atoms with E-state index in [0.29, 0.717) is 0 Å². The minimum absolute atomic E-state index is 0. The van der Waals surface area contributed by atoms with Crippen LogP contribution in [0.2, 0.25) is 0 Å². The summed E-state index contributed by atoms with van der Waals surface area (Å²) in [5.74, 6) is 1.16. The van der Waals surface area contributed by atoms with Crippen LogP contribution in [0.15, 0.2) is 10.5 Å². The molecule has 1 aromatic rings. The van der Waals surface area contributed by atoms with Crippen LogP contribution in [-0.4, -0.2) is 31.2 Å². The van der Waals surface area contributed by atoms with Crippen LogP contribution in [0.1, 0.15) is 30.5 Å². The zero-order valence-electron chi connectivity index (χ0n) is 11.1. The molecule has 1 N–H and O–H groups in total. The summed E-state index contributed by atoms with van der Waals surface area (Å²) in [4.78, 5) is 7.37. The molecule has 0 aromatic carbocycles. The molecule has 0 aliphatic carbocycles. The van der Waals surface area contributed by atoms with Crippen LogP contribution in [0.4, 0.5) is 5.82 Å². The summed E-state index contributed by atoms with van der Waals surface area (Å²) in [6, 6.07) is 2.29. The van der Waals surface area contributed by atoms with E-state index in [0.717, 1.165) is 44.8 Å². The first-order chi connectivity index (χ1) is 8.84. The predicted octanol–water partition coefficient (Wildman–Crippen LogP) is 2.94. The molecular weight excluding hydrogens is 326 g/mol. The van der Waals surface area contributed by atoms with E-state index in [4.69, 9.17) is 4.98 Å². The molecule has 0 amide bonds. The van der Waals surface area contributed by atoms with Gasteiger partial charge in [-0.15, -0.1) is 12.4 Å². The molecule has 0 spiro atoms. The third kappa shape index (κ3) is 3.41. The van der Waals surface area contributed by atoms with E-state index in [1.54, 1.807) is 0 Å². The summed E-state index contributed by atoms with van der Waals surface area (Å²) >= 11 is 3.71. The lowest BCUT2D eigenvalue weighted by Crippen LogP contribution is -2.30. The Labute approximate surface area is 129 Å². The second-order valence-corrected chi connectivity index (χ2v) is 6.05. The second kappa shape index (κ2) is 6.91. The maximum Gasteiger partial charge on any atom is 0.143 e. The van der Waals surface area contributed by atoms with Gasteiger partial charge < -0.3 is 10.2 Å². The maximum atomic E-state index is 4.94. The van der Waals surface area contributed by atoms with E-state index in [1.165, 1.54) is 35.0 Å². The fraction of sp³-hybridized carbons (Fsp3) is 0.643. The van der Waals surface area contributed by atoms with Crippen LogP contribution in [0, 0.1) is 0 Å². The van der Waals surface area contributed by atoms with Gasteiger partial charge in [-0.2, -0.15) is 0 Å². The average molecular weight is 347 g/mol. The second-order valence-electron chi connectivity index (χ2n) is 5.20. The Balaban J connectivity index is 0.00000133. The number of rotatable bonds is 1. The van der Waals surface area contributed by atoms with Gasteiger partial charge in [0.1, 0.15) is 5.82 Å². The van der Waals surface area contributed by atoms with E-state index in [-0.39, 0.29) is 12.4 Å². The van der Waals surface area contributed by atoms with Crippen LogP contribution in [0.25, 0.3) is 0 Å². The van der Waals surface area contributed by atoms with Gasteiger partial charge in [-0.1, -0.05) is 0 Å². The number of aromatic nitrogens is 1. The van der Waals surface area contributed by atoms with Crippen molar-refractivity contribution in [1.82, 2.24) is 10.3 Å². The van der Waals surface area contributed by atoms with Gasteiger partial charge in [-0.25, -0.2) is 4.98 Å². The van der Waals surface area contributed by atoms with Crippen LogP contribution in [0.3, 0.4) is 0 Å². The third-order valence-electron chi connectivity index (χ3n) is 3.89. The number of nitrogens with zero attached hydrogens (tertiary/aromatic N) is 2. The Bertz CT molecular complexity index is 433. The van der Waals surface area contributed by atoms with Crippen LogP contribution >= 0.6 is 28.3 Å². The molecule has 3 nitrogen and oxygen atoms in total. The average Bonchev–Trinajstić information content (AvgIpc) is 2.63. The van der Waals surface area contributed by atoms with Crippen molar-refractivity contribution in [1.29, 1.82) is 0 Å². The Kier molecular flexibility index (Phi) is 5.48. The summed E-state index contributed by atoms with van der Waals surface area (Å²) in [6.07, 6.45) is 6.12. The van der Waals surface area contributed by atoms with Gasteiger partial charge >= 0.3 is 0 Å². The van der Waals surface area contributed by atoms with Crippen molar-refractivity contribution in [3.05, 3.63) is 21.8 Å². The number of hydrogen-bond acceptors (Lipinski definition) is 3. The molecule has 2 aliphatic heterocycles. The van der Waals surface area contributed by atoms with Crippen molar-refractivity contribution in [3.8, 4) is 0 Å². The van der Waals surface area contributed by atoms with Crippen molar-refractivity contribution >= 4 is 34.2 Å². The van der Waals surface area contributed by atoms with Gasteiger partial charge in [0, 0.05) is 31.7 Å². The molecule has 1 saturated heterocycles. The standard InChI is InChI=1S/C14H20BrN3.ClH/c15-12-10-11-4-6-16-7-5-13(11)17-14(12)18-8-2-1-3-9-18;/h10,16H,1-9H2;1H. The first-order valence-corrected chi connectivity index (χ1v) is 7.78. The molecule has 0 unspecified atom stereocenters. The van der Waals surface area contributed by atoms with Crippen LogP contribution in [-0.2, 0) is 12.8 Å². The summed E-state index contributed by atoms with van der Waals surface area (Å²) in [7, 11) is 0. The van der Waals surface area contributed by atoms with E-state index in [1.807, 2.05) is 0 Å². The van der Waals surface area contributed by atoms with Crippen molar-refractivity contribution < 1.29 is 0 Å². The molecule has 1 aromatic heterocycles. The number of fused-ring (bicyclic) bond motifs is 1. The third-order valence-corrected chi connectivity index (χ3v) is 4.47. The van der Waals surface area contributed by atoms with Crippen molar-refractivity contribution in [3.63, 3.8) is 0 Å². The molecule has 3 heterocycles. The summed E-state index contributed by atoms with van der Waals surface area (Å²) in [6.45, 7) is 4.44. The van der Waals surface area contributed by atoms with Gasteiger partial charge in [0.05, 0.1) is 4.47 Å². The molecule has 5 heteroatoms. The highest BCUT2D eigenvalue weighted by molar-refractivity contribution is 9.10.